The molecule has 2 heterocycles. The van der Waals surface area contributed by atoms with Gasteiger partial charge >= 0.3 is 5.97 Å². The number of carboxylic acids is 1. The normalized spacial score (nSPS) is 19.0. The first kappa shape index (κ1) is 33.1. The number of aliphatic hydroxyl groups is 1. The lowest BCUT2D eigenvalue weighted by atomic mass is 9.91. The van der Waals surface area contributed by atoms with E-state index in [0.717, 1.165) is 38.3 Å². The van der Waals surface area contributed by atoms with Gasteiger partial charge in [-0.3, -0.25) is 9.78 Å². The summed E-state index contributed by atoms with van der Waals surface area (Å²) in [5.41, 5.74) is 6.49. The average Bonchev–Trinajstić information content (AvgIpc) is 3.14. The van der Waals surface area contributed by atoms with Crippen LogP contribution in [0.1, 0.15) is 62.3 Å². The Morgan fingerprint density at radius 3 is 2.25 bits per heavy atom. The van der Waals surface area contributed by atoms with Crippen molar-refractivity contribution in [2.45, 2.75) is 43.5 Å². The van der Waals surface area contributed by atoms with Gasteiger partial charge in [0.25, 0.3) is 5.91 Å². The van der Waals surface area contributed by atoms with E-state index in [1.54, 1.807) is 48.4 Å². The van der Waals surface area contributed by atoms with Crippen LogP contribution >= 0.6 is 11.8 Å². The highest BCUT2D eigenvalue weighted by atomic mass is 32.2. The Balaban J connectivity index is 1.20. The monoisotopic (exact) mass is 660 g/mol. The zero-order valence-corrected chi connectivity index (χ0v) is 27.2. The predicted molar refractivity (Wildman–Crippen MR) is 184 cm³/mol. The minimum Gasteiger partial charge on any atom is -0.478 e. The summed E-state index contributed by atoms with van der Waals surface area (Å²) in [6.07, 6.45) is 2.15. The van der Waals surface area contributed by atoms with E-state index in [1.807, 2.05) is 84.9 Å². The number of ether oxygens (including phenoxy) is 2. The van der Waals surface area contributed by atoms with Crippen LogP contribution in [0.25, 0.3) is 11.1 Å². The van der Waals surface area contributed by atoms with Gasteiger partial charge in [0, 0.05) is 41.1 Å². The second-order valence-corrected chi connectivity index (χ2v) is 12.8. The van der Waals surface area contributed by atoms with E-state index >= 15 is 0 Å². The summed E-state index contributed by atoms with van der Waals surface area (Å²) in [6, 6.07) is 34.3. The van der Waals surface area contributed by atoms with Crippen LogP contribution in [0.15, 0.2) is 126 Å². The molecule has 1 amide bonds. The lowest BCUT2D eigenvalue weighted by Gasteiger charge is -2.41. The number of rotatable bonds is 11. The maximum Gasteiger partial charge on any atom is 0.335 e. The highest BCUT2D eigenvalue weighted by molar-refractivity contribution is 7.99. The van der Waals surface area contributed by atoms with E-state index in [9.17, 15) is 19.8 Å². The second-order valence-electron chi connectivity index (χ2n) is 11.7. The van der Waals surface area contributed by atoms with Crippen molar-refractivity contribution in [2.75, 3.05) is 5.75 Å². The largest absolute Gasteiger partial charge is 0.478 e. The Morgan fingerprint density at radius 2 is 1.56 bits per heavy atom. The van der Waals surface area contributed by atoms with E-state index < -0.39 is 12.3 Å². The number of nitrogens with zero attached hydrogens (tertiary/aromatic N) is 1. The molecule has 4 aromatic carbocycles. The van der Waals surface area contributed by atoms with Gasteiger partial charge in [-0.25, -0.2) is 4.79 Å². The zero-order chi connectivity index (χ0) is 33.5. The van der Waals surface area contributed by atoms with Crippen molar-refractivity contribution in [3.05, 3.63) is 155 Å². The number of amides is 1. The van der Waals surface area contributed by atoms with Gasteiger partial charge in [-0.15, -0.1) is 11.8 Å². The van der Waals surface area contributed by atoms with Crippen molar-refractivity contribution in [3.63, 3.8) is 0 Å². The Bertz CT molecular complexity index is 1830. The lowest BCUT2D eigenvalue weighted by Crippen LogP contribution is -2.38. The van der Waals surface area contributed by atoms with E-state index in [1.165, 1.54) is 0 Å². The maximum atomic E-state index is 12.6. The molecular formula is C39H36N2O6S. The molecule has 9 heteroatoms. The number of carboxylic acid groups (broad SMARTS) is 1. The Labute approximate surface area is 283 Å². The minimum atomic E-state index is -0.951. The third kappa shape index (κ3) is 7.83. The number of carbonyl (C=O) groups is 2. The zero-order valence-electron chi connectivity index (χ0n) is 26.4. The van der Waals surface area contributed by atoms with Crippen molar-refractivity contribution < 1.29 is 29.3 Å². The standard InChI is InChI=1S/C39H36N2O6S/c1-25-35(24-48-33-18-16-29(17-19-33)38(44)45)46-39(47-36(25)28-10-8-26(23-42)9-11-28)30-14-12-27(13-15-30)34-7-3-2-5-31(34)22-41-37(43)32-6-4-20-40-21-32/h2-21,25,35-36,39,42H,22-24H2,1H3,(H,41,43)(H,44,45)/t25-,35+,36+,39+/m1/s1. The fourth-order valence-electron chi connectivity index (χ4n) is 5.73. The molecule has 1 aromatic heterocycles. The van der Waals surface area contributed by atoms with Crippen molar-refractivity contribution in [2.24, 2.45) is 5.92 Å². The van der Waals surface area contributed by atoms with Crippen LogP contribution < -0.4 is 5.32 Å². The Hall–Kier alpha value is -4.80. The van der Waals surface area contributed by atoms with E-state index in [-0.39, 0.29) is 36.2 Å². The number of thioether (sulfide) groups is 1. The highest BCUT2D eigenvalue weighted by Gasteiger charge is 2.38. The summed E-state index contributed by atoms with van der Waals surface area (Å²) in [5.74, 6) is -0.470. The minimum absolute atomic E-state index is 0.0139. The summed E-state index contributed by atoms with van der Waals surface area (Å²) in [4.78, 5) is 28.9. The molecule has 1 saturated heterocycles. The number of benzene rings is 4. The first-order valence-corrected chi connectivity index (χ1v) is 16.7. The molecular weight excluding hydrogens is 625 g/mol. The molecule has 1 aliphatic heterocycles. The molecule has 48 heavy (non-hydrogen) atoms. The van der Waals surface area contributed by atoms with Gasteiger partial charge < -0.3 is 25.0 Å². The van der Waals surface area contributed by atoms with Gasteiger partial charge in [0.05, 0.1) is 29.9 Å². The van der Waals surface area contributed by atoms with Crippen LogP contribution in [0, 0.1) is 5.92 Å². The average molecular weight is 661 g/mol. The van der Waals surface area contributed by atoms with Gasteiger partial charge in [0.15, 0.2) is 6.29 Å². The number of carbonyl (C=O) groups excluding carboxylic acids is 1. The smallest absolute Gasteiger partial charge is 0.335 e. The number of aliphatic hydroxyl groups excluding tert-OH is 1. The number of nitrogens with one attached hydrogen (secondary N) is 1. The molecule has 1 fully saturated rings. The van der Waals surface area contributed by atoms with Crippen LogP contribution in [0.2, 0.25) is 0 Å². The summed E-state index contributed by atoms with van der Waals surface area (Å²) in [7, 11) is 0. The summed E-state index contributed by atoms with van der Waals surface area (Å²) >= 11 is 1.62. The topological polar surface area (TPSA) is 118 Å². The fraction of sp³-hybridized carbons (Fsp3) is 0.205. The van der Waals surface area contributed by atoms with Gasteiger partial charge in [-0.2, -0.15) is 0 Å². The first-order chi connectivity index (χ1) is 23.4. The summed E-state index contributed by atoms with van der Waals surface area (Å²) in [5, 5.41) is 21.8. The van der Waals surface area contributed by atoms with E-state index in [0.29, 0.717) is 17.9 Å². The number of aromatic carboxylic acids is 1. The first-order valence-electron chi connectivity index (χ1n) is 15.7. The highest BCUT2D eigenvalue weighted by Crippen LogP contribution is 2.43. The van der Waals surface area contributed by atoms with Gasteiger partial charge in [0.1, 0.15) is 0 Å². The number of pyridine rings is 1. The molecule has 3 N–H and O–H groups in total. The van der Waals surface area contributed by atoms with Crippen LogP contribution in [0.5, 0.6) is 0 Å². The molecule has 6 rings (SSSR count). The SMILES string of the molecule is C[C@@H]1[C@H](CSc2ccc(C(=O)O)cc2)O[C@H](c2ccc(-c3ccccc3CNC(=O)c3cccnc3)cc2)O[C@@H]1c1ccc(CO)cc1. The van der Waals surface area contributed by atoms with Crippen LogP contribution in [0.4, 0.5) is 0 Å². The number of hydrogen-bond acceptors (Lipinski definition) is 7. The molecule has 8 nitrogen and oxygen atoms in total. The Kier molecular flexibility index (Phi) is 10.6. The number of aromatic nitrogens is 1. The van der Waals surface area contributed by atoms with Gasteiger partial charge in [-0.1, -0.05) is 79.7 Å². The number of hydrogen-bond donors (Lipinski definition) is 3. The third-order valence-electron chi connectivity index (χ3n) is 8.51. The quantitative estimate of drug-likeness (QED) is 0.125. The van der Waals surface area contributed by atoms with E-state index in [2.05, 4.69) is 17.2 Å². The molecule has 5 aromatic rings. The summed E-state index contributed by atoms with van der Waals surface area (Å²) in [6.45, 7) is 2.46. The molecule has 0 spiro atoms. The summed E-state index contributed by atoms with van der Waals surface area (Å²) < 4.78 is 13.2. The molecule has 0 unspecified atom stereocenters. The molecule has 4 atom stereocenters. The molecule has 0 bridgehead atoms. The predicted octanol–water partition coefficient (Wildman–Crippen LogP) is 7.45. The van der Waals surface area contributed by atoms with Crippen LogP contribution in [0.3, 0.4) is 0 Å². The van der Waals surface area contributed by atoms with Crippen molar-refractivity contribution >= 4 is 23.6 Å². The molecule has 0 saturated carbocycles. The van der Waals surface area contributed by atoms with E-state index in [4.69, 9.17) is 9.47 Å². The third-order valence-corrected chi connectivity index (χ3v) is 9.61. The molecule has 0 radical (unpaired) electrons. The molecule has 244 valence electrons. The molecule has 1 aliphatic rings. The molecule has 0 aliphatic carbocycles. The van der Waals surface area contributed by atoms with Gasteiger partial charge in [-0.05, 0) is 64.2 Å². The van der Waals surface area contributed by atoms with Crippen LogP contribution in [-0.2, 0) is 22.6 Å². The van der Waals surface area contributed by atoms with Crippen LogP contribution in [-0.4, -0.2) is 38.9 Å². The lowest BCUT2D eigenvalue weighted by molar-refractivity contribution is -0.268. The second kappa shape index (κ2) is 15.4. The van der Waals surface area contributed by atoms with Crippen molar-refractivity contribution in [1.29, 1.82) is 0 Å². The van der Waals surface area contributed by atoms with Crippen molar-refractivity contribution in [1.82, 2.24) is 10.3 Å². The van der Waals surface area contributed by atoms with Crippen molar-refractivity contribution in [3.8, 4) is 11.1 Å². The Morgan fingerprint density at radius 1 is 0.833 bits per heavy atom. The van der Waals surface area contributed by atoms with Gasteiger partial charge in [0.2, 0.25) is 0 Å². The maximum absolute atomic E-state index is 12.6. The fourth-order valence-corrected chi connectivity index (χ4v) is 6.80.